The van der Waals surface area contributed by atoms with Gasteiger partial charge in [0, 0.05) is 35.3 Å². The first-order valence-electron chi connectivity index (χ1n) is 6.02. The van der Waals surface area contributed by atoms with Gasteiger partial charge in [0.25, 0.3) is 0 Å². The van der Waals surface area contributed by atoms with Gasteiger partial charge in [-0.05, 0) is 29.8 Å². The standard InChI is InChI=1S/C15H8ClF2N3/c16-14-6-9(1-4-20-14)10-5-12(15(18)21-7-10)11-2-3-19-8-13(11)17/h1-8H. The molecule has 0 saturated carbocycles. The van der Waals surface area contributed by atoms with Crippen LogP contribution >= 0.6 is 11.6 Å². The van der Waals surface area contributed by atoms with Crippen LogP contribution in [-0.2, 0) is 0 Å². The minimum Gasteiger partial charge on any atom is -0.262 e. The molecular formula is C15H8ClF2N3. The van der Waals surface area contributed by atoms with E-state index in [0.717, 1.165) is 11.8 Å². The number of rotatable bonds is 2. The van der Waals surface area contributed by atoms with Gasteiger partial charge in [-0.1, -0.05) is 11.6 Å². The molecule has 3 aromatic rings. The molecule has 3 heterocycles. The highest BCUT2D eigenvalue weighted by Crippen LogP contribution is 2.29. The first-order valence-corrected chi connectivity index (χ1v) is 6.40. The zero-order valence-electron chi connectivity index (χ0n) is 10.6. The van der Waals surface area contributed by atoms with Crippen LogP contribution in [0.2, 0.25) is 5.15 Å². The summed E-state index contributed by atoms with van der Waals surface area (Å²) >= 11 is 5.83. The summed E-state index contributed by atoms with van der Waals surface area (Å²) in [5.74, 6) is -1.35. The summed E-state index contributed by atoms with van der Waals surface area (Å²) in [5.41, 5.74) is 1.52. The molecule has 21 heavy (non-hydrogen) atoms. The van der Waals surface area contributed by atoms with E-state index in [4.69, 9.17) is 11.6 Å². The summed E-state index contributed by atoms with van der Waals surface area (Å²) in [6.07, 6.45) is 5.33. The maximum atomic E-state index is 13.9. The van der Waals surface area contributed by atoms with Crippen LogP contribution in [0.3, 0.4) is 0 Å². The van der Waals surface area contributed by atoms with Crippen LogP contribution in [0.15, 0.2) is 49.1 Å². The topological polar surface area (TPSA) is 38.7 Å². The van der Waals surface area contributed by atoms with Crippen LogP contribution < -0.4 is 0 Å². The Labute approximate surface area is 124 Å². The molecule has 3 nitrogen and oxygen atoms in total. The van der Waals surface area contributed by atoms with Crippen LogP contribution in [-0.4, -0.2) is 15.0 Å². The largest absolute Gasteiger partial charge is 0.262 e. The average Bonchev–Trinajstić information content (AvgIpc) is 2.49. The van der Waals surface area contributed by atoms with E-state index >= 15 is 0 Å². The van der Waals surface area contributed by atoms with E-state index < -0.39 is 11.8 Å². The number of hydrogen-bond donors (Lipinski definition) is 0. The molecule has 0 aliphatic carbocycles. The Kier molecular flexibility index (Phi) is 3.58. The second-order valence-corrected chi connectivity index (χ2v) is 4.67. The van der Waals surface area contributed by atoms with Crippen LogP contribution in [0.1, 0.15) is 0 Å². The highest BCUT2D eigenvalue weighted by Gasteiger charge is 2.13. The van der Waals surface area contributed by atoms with Gasteiger partial charge in [0.1, 0.15) is 11.0 Å². The lowest BCUT2D eigenvalue weighted by atomic mass is 10.0. The quantitative estimate of drug-likeness (QED) is 0.668. The van der Waals surface area contributed by atoms with Crippen LogP contribution in [0, 0.1) is 11.8 Å². The normalized spacial score (nSPS) is 10.6. The van der Waals surface area contributed by atoms with Crippen LogP contribution in [0.5, 0.6) is 0 Å². The number of hydrogen-bond acceptors (Lipinski definition) is 3. The van der Waals surface area contributed by atoms with Crippen molar-refractivity contribution >= 4 is 11.6 Å². The third kappa shape index (κ3) is 2.73. The number of aromatic nitrogens is 3. The maximum absolute atomic E-state index is 13.9. The van der Waals surface area contributed by atoms with Gasteiger partial charge >= 0.3 is 0 Å². The molecule has 0 unspecified atom stereocenters. The van der Waals surface area contributed by atoms with E-state index in [9.17, 15) is 8.78 Å². The Balaban J connectivity index is 2.15. The summed E-state index contributed by atoms with van der Waals surface area (Å²) in [6, 6.07) is 6.27. The molecule has 0 N–H and O–H groups in total. The molecule has 0 amide bonds. The van der Waals surface area contributed by atoms with Crippen LogP contribution in [0.4, 0.5) is 8.78 Å². The molecule has 0 spiro atoms. The molecule has 0 aliphatic heterocycles. The minimum atomic E-state index is -0.746. The third-order valence-electron chi connectivity index (χ3n) is 2.96. The summed E-state index contributed by atoms with van der Waals surface area (Å²) < 4.78 is 27.7. The highest BCUT2D eigenvalue weighted by molar-refractivity contribution is 6.29. The molecule has 3 aromatic heterocycles. The lowest BCUT2D eigenvalue weighted by Crippen LogP contribution is -1.94. The molecule has 104 valence electrons. The Bertz CT molecular complexity index is 808. The first-order chi connectivity index (χ1) is 10.1. The summed E-state index contributed by atoms with van der Waals surface area (Å²) in [7, 11) is 0. The number of halogens is 3. The van der Waals surface area contributed by atoms with Crippen molar-refractivity contribution in [3.05, 3.63) is 66.0 Å². The van der Waals surface area contributed by atoms with Crippen LogP contribution in [0.25, 0.3) is 22.3 Å². The Hall–Kier alpha value is -2.40. The number of nitrogens with zero attached hydrogens (tertiary/aromatic N) is 3. The maximum Gasteiger partial charge on any atom is 0.220 e. The molecule has 0 saturated heterocycles. The second-order valence-electron chi connectivity index (χ2n) is 4.29. The number of pyridine rings is 3. The van der Waals surface area contributed by atoms with Crippen molar-refractivity contribution in [2.24, 2.45) is 0 Å². The molecular weight excluding hydrogens is 296 g/mol. The smallest absolute Gasteiger partial charge is 0.220 e. The summed E-state index contributed by atoms with van der Waals surface area (Å²) in [6.45, 7) is 0. The van der Waals surface area contributed by atoms with Crippen molar-refractivity contribution < 1.29 is 8.78 Å². The molecule has 0 radical (unpaired) electrons. The fourth-order valence-electron chi connectivity index (χ4n) is 1.97. The third-order valence-corrected chi connectivity index (χ3v) is 3.17. The summed E-state index contributed by atoms with van der Waals surface area (Å²) in [4.78, 5) is 11.2. The van der Waals surface area contributed by atoms with E-state index in [1.54, 1.807) is 12.1 Å². The SMILES string of the molecule is Fc1cnccc1-c1cc(-c2ccnc(Cl)c2)cnc1F. The van der Waals surface area contributed by atoms with E-state index in [2.05, 4.69) is 15.0 Å². The van der Waals surface area contributed by atoms with E-state index in [-0.39, 0.29) is 11.1 Å². The monoisotopic (exact) mass is 303 g/mol. The van der Waals surface area contributed by atoms with Gasteiger partial charge in [0.2, 0.25) is 5.95 Å². The Morgan fingerprint density at radius 3 is 2.48 bits per heavy atom. The van der Waals surface area contributed by atoms with E-state index in [0.29, 0.717) is 10.7 Å². The van der Waals surface area contributed by atoms with Crippen molar-refractivity contribution in [3.63, 3.8) is 0 Å². The zero-order valence-corrected chi connectivity index (χ0v) is 11.4. The van der Waals surface area contributed by atoms with Gasteiger partial charge in [-0.2, -0.15) is 4.39 Å². The van der Waals surface area contributed by atoms with Crippen molar-refractivity contribution in [2.45, 2.75) is 0 Å². The van der Waals surface area contributed by atoms with Gasteiger partial charge in [0.05, 0.1) is 6.20 Å². The van der Waals surface area contributed by atoms with Crippen molar-refractivity contribution in [2.75, 3.05) is 0 Å². The molecule has 6 heteroatoms. The predicted molar refractivity (Wildman–Crippen MR) is 75.6 cm³/mol. The summed E-state index contributed by atoms with van der Waals surface area (Å²) in [5, 5.41) is 0.313. The van der Waals surface area contributed by atoms with Crippen molar-refractivity contribution in [1.29, 1.82) is 0 Å². The van der Waals surface area contributed by atoms with Crippen molar-refractivity contribution in [3.8, 4) is 22.3 Å². The molecule has 0 atom stereocenters. The minimum absolute atomic E-state index is 0.0698. The van der Waals surface area contributed by atoms with Gasteiger partial charge in [-0.3, -0.25) is 4.98 Å². The lowest BCUT2D eigenvalue weighted by Gasteiger charge is -2.07. The highest BCUT2D eigenvalue weighted by atomic mass is 35.5. The van der Waals surface area contributed by atoms with Gasteiger partial charge in [-0.15, -0.1) is 0 Å². The van der Waals surface area contributed by atoms with Gasteiger partial charge in [0.15, 0.2) is 0 Å². The fourth-order valence-corrected chi connectivity index (χ4v) is 2.14. The molecule has 0 aromatic carbocycles. The first kappa shape index (κ1) is 13.6. The zero-order chi connectivity index (χ0) is 14.8. The fraction of sp³-hybridized carbons (Fsp3) is 0. The molecule has 3 rings (SSSR count). The van der Waals surface area contributed by atoms with Crippen molar-refractivity contribution in [1.82, 2.24) is 15.0 Å². The lowest BCUT2D eigenvalue weighted by molar-refractivity contribution is 0.582. The second kappa shape index (κ2) is 5.54. The van der Waals surface area contributed by atoms with E-state index in [1.807, 2.05) is 0 Å². The van der Waals surface area contributed by atoms with Gasteiger partial charge < -0.3 is 0 Å². The van der Waals surface area contributed by atoms with Gasteiger partial charge in [-0.25, -0.2) is 14.4 Å². The Morgan fingerprint density at radius 2 is 1.71 bits per heavy atom. The molecule has 0 bridgehead atoms. The molecule has 0 aliphatic rings. The molecule has 0 fully saturated rings. The predicted octanol–water partition coefficient (Wildman–Crippen LogP) is 4.14. The Morgan fingerprint density at radius 1 is 0.857 bits per heavy atom. The average molecular weight is 304 g/mol. The van der Waals surface area contributed by atoms with E-state index in [1.165, 1.54) is 30.7 Å².